The van der Waals surface area contributed by atoms with Gasteiger partial charge in [0.15, 0.2) is 0 Å². The van der Waals surface area contributed by atoms with Gasteiger partial charge < -0.3 is 14.4 Å². The van der Waals surface area contributed by atoms with E-state index in [9.17, 15) is 9.59 Å². The molecule has 0 aromatic heterocycles. The van der Waals surface area contributed by atoms with Crippen LogP contribution in [0.3, 0.4) is 0 Å². The standard InChI is InChI=1S/C20H21NO4/c1-10-14-16(18(23)25-17(14)22)19(2,3)20(4)15(10)12-9-11(24-6)7-8-13(12)21(20)5/h7-9H,1-6H3. The molecule has 1 aromatic rings. The lowest BCUT2D eigenvalue weighted by atomic mass is 9.59. The van der Waals surface area contributed by atoms with Crippen LogP contribution in [-0.2, 0) is 14.3 Å². The second kappa shape index (κ2) is 4.54. The molecule has 1 atom stereocenters. The largest absolute Gasteiger partial charge is 0.497 e. The van der Waals surface area contributed by atoms with E-state index in [0.29, 0.717) is 11.1 Å². The molecule has 0 amide bonds. The number of methoxy groups -OCH3 is 1. The van der Waals surface area contributed by atoms with Gasteiger partial charge in [-0.2, -0.15) is 0 Å². The van der Waals surface area contributed by atoms with Gasteiger partial charge in [-0.15, -0.1) is 0 Å². The van der Waals surface area contributed by atoms with Crippen LogP contribution in [0.25, 0.3) is 5.57 Å². The Morgan fingerprint density at radius 1 is 1.08 bits per heavy atom. The zero-order valence-electron chi connectivity index (χ0n) is 15.3. The minimum atomic E-state index is -0.596. The van der Waals surface area contributed by atoms with E-state index in [1.54, 1.807) is 7.11 Å². The van der Waals surface area contributed by atoms with Gasteiger partial charge in [-0.1, -0.05) is 13.8 Å². The number of carbonyl (C=O) groups excluding carboxylic acids is 2. The van der Waals surface area contributed by atoms with Crippen molar-refractivity contribution in [2.75, 3.05) is 19.1 Å². The summed E-state index contributed by atoms with van der Waals surface area (Å²) in [6.45, 7) is 8.04. The van der Waals surface area contributed by atoms with Gasteiger partial charge in [0, 0.05) is 23.7 Å². The fraction of sp³-hybridized carbons (Fsp3) is 0.400. The molecular weight excluding hydrogens is 318 g/mol. The molecule has 0 spiro atoms. The molecule has 1 aromatic carbocycles. The van der Waals surface area contributed by atoms with Crippen molar-refractivity contribution in [2.45, 2.75) is 33.2 Å². The van der Waals surface area contributed by atoms with Crippen molar-refractivity contribution in [3.05, 3.63) is 40.5 Å². The van der Waals surface area contributed by atoms with Gasteiger partial charge >= 0.3 is 11.9 Å². The van der Waals surface area contributed by atoms with Crippen molar-refractivity contribution < 1.29 is 19.1 Å². The molecule has 1 aliphatic carbocycles. The van der Waals surface area contributed by atoms with Gasteiger partial charge in [0.25, 0.3) is 0 Å². The molecule has 0 saturated carbocycles. The van der Waals surface area contributed by atoms with E-state index in [2.05, 4.69) is 11.8 Å². The van der Waals surface area contributed by atoms with E-state index in [-0.39, 0.29) is 0 Å². The number of hydrogen-bond acceptors (Lipinski definition) is 5. The first kappa shape index (κ1) is 15.9. The Morgan fingerprint density at radius 2 is 1.76 bits per heavy atom. The van der Waals surface area contributed by atoms with Gasteiger partial charge in [-0.3, -0.25) is 0 Å². The maximum absolute atomic E-state index is 12.4. The fourth-order valence-corrected chi connectivity index (χ4v) is 4.77. The Balaban J connectivity index is 2.11. The molecule has 2 aliphatic heterocycles. The molecular formula is C20H21NO4. The third kappa shape index (κ3) is 1.59. The van der Waals surface area contributed by atoms with Crippen molar-refractivity contribution >= 4 is 23.2 Å². The second-order valence-electron chi connectivity index (χ2n) is 7.57. The third-order valence-corrected chi connectivity index (χ3v) is 6.43. The van der Waals surface area contributed by atoms with Crippen LogP contribution >= 0.6 is 0 Å². The van der Waals surface area contributed by atoms with Crippen molar-refractivity contribution in [1.82, 2.24) is 0 Å². The quantitative estimate of drug-likeness (QED) is 0.581. The Hall–Kier alpha value is -2.56. The van der Waals surface area contributed by atoms with Gasteiger partial charge in [-0.05, 0) is 43.2 Å². The maximum atomic E-state index is 12.4. The number of nitrogens with zero attached hydrogens (tertiary/aromatic N) is 1. The number of esters is 2. The number of benzene rings is 1. The number of ether oxygens (including phenoxy) is 2. The van der Waals surface area contributed by atoms with Crippen LogP contribution < -0.4 is 9.64 Å². The van der Waals surface area contributed by atoms with E-state index < -0.39 is 22.9 Å². The second-order valence-corrected chi connectivity index (χ2v) is 7.57. The highest BCUT2D eigenvalue weighted by Crippen LogP contribution is 2.62. The van der Waals surface area contributed by atoms with Crippen LogP contribution in [0.2, 0.25) is 0 Å². The molecule has 0 saturated heterocycles. The molecule has 2 heterocycles. The number of hydrogen-bond donors (Lipinski definition) is 0. The van der Waals surface area contributed by atoms with Crippen LogP contribution in [0.1, 0.15) is 33.3 Å². The lowest BCUT2D eigenvalue weighted by Crippen LogP contribution is -2.55. The summed E-state index contributed by atoms with van der Waals surface area (Å²) in [5, 5.41) is 0. The summed E-state index contributed by atoms with van der Waals surface area (Å²) in [6.07, 6.45) is 0. The van der Waals surface area contributed by atoms with Crippen LogP contribution in [-0.4, -0.2) is 31.6 Å². The summed E-state index contributed by atoms with van der Waals surface area (Å²) in [5.41, 5.74) is 3.79. The smallest absolute Gasteiger partial charge is 0.346 e. The third-order valence-electron chi connectivity index (χ3n) is 6.43. The van der Waals surface area contributed by atoms with Crippen molar-refractivity contribution in [3.63, 3.8) is 0 Å². The first-order valence-electron chi connectivity index (χ1n) is 8.31. The lowest BCUT2D eigenvalue weighted by molar-refractivity contribution is -0.151. The van der Waals surface area contributed by atoms with Gasteiger partial charge in [0.05, 0.1) is 23.8 Å². The summed E-state index contributed by atoms with van der Waals surface area (Å²) in [5.74, 6) is -0.301. The maximum Gasteiger partial charge on any atom is 0.346 e. The van der Waals surface area contributed by atoms with Gasteiger partial charge in [0.1, 0.15) is 5.75 Å². The molecule has 0 fully saturated rings. The average molecular weight is 339 g/mol. The number of cyclic esters (lactones) is 2. The number of likely N-dealkylation sites (N-methyl/N-ethyl adjacent to an activating group) is 1. The monoisotopic (exact) mass is 339 g/mol. The SMILES string of the molecule is COc1ccc2c(c1)C1=C(C)C3=C(C(=O)OC3=O)C(C)(C)C1(C)N2C. The van der Waals surface area contributed by atoms with E-state index >= 15 is 0 Å². The Morgan fingerprint density at radius 3 is 2.40 bits per heavy atom. The van der Waals surface area contributed by atoms with Gasteiger partial charge in [0.2, 0.25) is 0 Å². The number of fused-ring (bicyclic) bond motifs is 3. The average Bonchev–Trinajstić information content (AvgIpc) is 2.99. The normalized spacial score (nSPS) is 26.6. The van der Waals surface area contributed by atoms with Crippen molar-refractivity contribution in [2.24, 2.45) is 5.41 Å². The molecule has 3 aliphatic rings. The topological polar surface area (TPSA) is 55.8 Å². The number of carbonyl (C=O) groups is 2. The van der Waals surface area contributed by atoms with E-state index in [0.717, 1.165) is 28.1 Å². The molecule has 1 unspecified atom stereocenters. The molecule has 130 valence electrons. The highest BCUT2D eigenvalue weighted by atomic mass is 16.6. The van der Waals surface area contributed by atoms with Crippen molar-refractivity contribution in [3.8, 4) is 5.75 Å². The Bertz CT molecular complexity index is 922. The van der Waals surface area contributed by atoms with Crippen LogP contribution in [0.15, 0.2) is 34.9 Å². The number of anilines is 1. The van der Waals surface area contributed by atoms with E-state index in [1.165, 1.54) is 0 Å². The zero-order valence-corrected chi connectivity index (χ0v) is 15.3. The van der Waals surface area contributed by atoms with Crippen LogP contribution in [0.5, 0.6) is 5.75 Å². The fourth-order valence-electron chi connectivity index (χ4n) is 4.77. The van der Waals surface area contributed by atoms with E-state index in [1.807, 2.05) is 46.0 Å². The van der Waals surface area contributed by atoms with Crippen LogP contribution in [0.4, 0.5) is 5.69 Å². The first-order chi connectivity index (χ1) is 11.7. The van der Waals surface area contributed by atoms with E-state index in [4.69, 9.17) is 9.47 Å². The summed E-state index contributed by atoms with van der Waals surface area (Å²) >= 11 is 0. The summed E-state index contributed by atoms with van der Waals surface area (Å²) in [6, 6.07) is 5.96. The molecule has 4 rings (SSSR count). The summed E-state index contributed by atoms with van der Waals surface area (Å²) in [7, 11) is 3.67. The lowest BCUT2D eigenvalue weighted by Gasteiger charge is -2.50. The highest BCUT2D eigenvalue weighted by molar-refractivity contribution is 6.19. The predicted molar refractivity (Wildman–Crippen MR) is 94.3 cm³/mol. The molecule has 5 nitrogen and oxygen atoms in total. The predicted octanol–water partition coefficient (Wildman–Crippen LogP) is 3.10. The minimum Gasteiger partial charge on any atom is -0.497 e. The molecule has 0 radical (unpaired) electrons. The summed E-state index contributed by atoms with van der Waals surface area (Å²) in [4.78, 5) is 27.0. The number of rotatable bonds is 1. The Kier molecular flexibility index (Phi) is 2.89. The van der Waals surface area contributed by atoms with Crippen molar-refractivity contribution in [1.29, 1.82) is 0 Å². The van der Waals surface area contributed by atoms with Crippen LogP contribution in [0, 0.1) is 5.41 Å². The minimum absolute atomic E-state index is 0.423. The Labute approximate surface area is 146 Å². The first-order valence-corrected chi connectivity index (χ1v) is 8.31. The zero-order chi connectivity index (χ0) is 18.3. The molecule has 25 heavy (non-hydrogen) atoms. The molecule has 0 N–H and O–H groups in total. The highest BCUT2D eigenvalue weighted by Gasteiger charge is 2.61. The molecule has 5 heteroatoms. The van der Waals surface area contributed by atoms with Gasteiger partial charge in [-0.25, -0.2) is 9.59 Å². The molecule has 0 bridgehead atoms. The summed E-state index contributed by atoms with van der Waals surface area (Å²) < 4.78 is 10.4.